The molecule has 1 amide bonds. The normalized spacial score (nSPS) is 19.9. The number of benzene rings is 1. The summed E-state index contributed by atoms with van der Waals surface area (Å²) in [4.78, 5) is 25.0. The zero-order valence-corrected chi connectivity index (χ0v) is 22.5. The molecule has 0 spiro atoms. The van der Waals surface area contributed by atoms with Crippen LogP contribution >= 0.6 is 34.5 Å². The molecule has 192 valence electrons. The number of carboxylic acids is 1. The van der Waals surface area contributed by atoms with Gasteiger partial charge in [-0.05, 0) is 51.0 Å². The van der Waals surface area contributed by atoms with E-state index in [-0.39, 0.29) is 38.6 Å². The Morgan fingerprint density at radius 2 is 1.91 bits per heavy atom. The Balaban J connectivity index is 1.75. The van der Waals surface area contributed by atoms with Crippen LogP contribution in [-0.4, -0.2) is 60.0 Å². The van der Waals surface area contributed by atoms with Gasteiger partial charge in [0.25, 0.3) is 10.0 Å². The molecule has 3 atom stereocenters. The first kappa shape index (κ1) is 27.7. The summed E-state index contributed by atoms with van der Waals surface area (Å²) in [5, 5.41) is 12.3. The molecule has 1 aliphatic rings. The van der Waals surface area contributed by atoms with Gasteiger partial charge in [-0.2, -0.15) is 4.31 Å². The lowest BCUT2D eigenvalue weighted by Crippen LogP contribution is -2.51. The molecule has 9 nitrogen and oxygen atoms in total. The minimum Gasteiger partial charge on any atom is -0.488 e. The van der Waals surface area contributed by atoms with Gasteiger partial charge in [0.2, 0.25) is 5.91 Å². The molecule has 1 aromatic carbocycles. The van der Waals surface area contributed by atoms with E-state index < -0.39 is 40.0 Å². The molecule has 35 heavy (non-hydrogen) atoms. The van der Waals surface area contributed by atoms with Crippen LogP contribution in [0.2, 0.25) is 9.36 Å². The SMILES string of the molecule is CC(C)(C)Oc1ccc(CC(NC(=O)C2C[C@@H](N)CN2S(=O)(=O)c2cc(Cl)c(Cl)s2)C(=O)O)cc1. The van der Waals surface area contributed by atoms with Gasteiger partial charge in [-0.1, -0.05) is 35.3 Å². The Morgan fingerprint density at radius 1 is 1.29 bits per heavy atom. The summed E-state index contributed by atoms with van der Waals surface area (Å²) in [7, 11) is -4.12. The van der Waals surface area contributed by atoms with Crippen molar-refractivity contribution in [2.45, 2.75) is 61.5 Å². The molecule has 0 saturated carbocycles. The highest BCUT2D eigenvalue weighted by Crippen LogP contribution is 2.37. The van der Waals surface area contributed by atoms with Gasteiger partial charge >= 0.3 is 5.97 Å². The molecule has 2 heterocycles. The van der Waals surface area contributed by atoms with Crippen molar-refractivity contribution in [2.75, 3.05) is 6.54 Å². The first-order chi connectivity index (χ1) is 16.2. The predicted molar refractivity (Wildman–Crippen MR) is 135 cm³/mol. The number of hydrogen-bond donors (Lipinski definition) is 3. The third kappa shape index (κ3) is 6.87. The fraction of sp³-hybridized carbons (Fsp3) is 0.455. The highest BCUT2D eigenvalue weighted by Gasteiger charge is 2.44. The van der Waals surface area contributed by atoms with Crippen molar-refractivity contribution in [3.63, 3.8) is 0 Å². The summed E-state index contributed by atoms with van der Waals surface area (Å²) >= 11 is 12.6. The quantitative estimate of drug-likeness (QED) is 0.448. The second kappa shape index (κ2) is 10.6. The summed E-state index contributed by atoms with van der Waals surface area (Å²) < 4.78 is 33.0. The van der Waals surface area contributed by atoms with Gasteiger partial charge in [-0.15, -0.1) is 11.3 Å². The second-order valence-corrected chi connectivity index (χ2v) is 13.4. The number of ether oxygens (including phenoxy) is 1. The van der Waals surface area contributed by atoms with Crippen molar-refractivity contribution in [1.29, 1.82) is 0 Å². The van der Waals surface area contributed by atoms with Crippen molar-refractivity contribution in [1.82, 2.24) is 9.62 Å². The van der Waals surface area contributed by atoms with Gasteiger partial charge in [-0.25, -0.2) is 13.2 Å². The Bertz CT molecular complexity index is 1180. The van der Waals surface area contributed by atoms with Gasteiger partial charge in [0.1, 0.15) is 32.0 Å². The van der Waals surface area contributed by atoms with Gasteiger partial charge in [0, 0.05) is 19.0 Å². The zero-order chi connectivity index (χ0) is 26.1. The number of amides is 1. The van der Waals surface area contributed by atoms with E-state index in [0.29, 0.717) is 11.3 Å². The Labute approximate surface area is 218 Å². The molecule has 1 fully saturated rings. The molecule has 1 aromatic heterocycles. The number of carboxylic acid groups (broad SMARTS) is 1. The number of rotatable bonds is 8. The van der Waals surface area contributed by atoms with Crippen LogP contribution in [0.15, 0.2) is 34.5 Å². The molecule has 1 aliphatic heterocycles. The maximum atomic E-state index is 13.2. The lowest BCUT2D eigenvalue weighted by atomic mass is 10.0. The summed E-state index contributed by atoms with van der Waals surface area (Å²) in [6.07, 6.45) is 0.0433. The van der Waals surface area contributed by atoms with Crippen LogP contribution in [0.5, 0.6) is 5.75 Å². The second-order valence-electron chi connectivity index (χ2n) is 9.24. The molecule has 13 heteroatoms. The number of carbonyl (C=O) groups excluding carboxylic acids is 1. The maximum absolute atomic E-state index is 13.2. The lowest BCUT2D eigenvalue weighted by molar-refractivity contribution is -0.142. The first-order valence-corrected chi connectivity index (χ1v) is 13.7. The van der Waals surface area contributed by atoms with Crippen LogP contribution in [0.1, 0.15) is 32.8 Å². The number of sulfonamides is 1. The van der Waals surface area contributed by atoms with E-state index in [2.05, 4.69) is 5.32 Å². The maximum Gasteiger partial charge on any atom is 0.326 e. The fourth-order valence-corrected chi connectivity index (χ4v) is 7.33. The van der Waals surface area contributed by atoms with E-state index >= 15 is 0 Å². The number of aliphatic carboxylic acids is 1. The number of hydrogen-bond acceptors (Lipinski definition) is 7. The standard InChI is InChI=1S/C22H27Cl2N3O6S2/c1-22(2,3)33-14-6-4-12(5-7-14)8-16(21(29)30)26-20(28)17-9-13(25)11-27(17)35(31,32)18-10-15(23)19(24)34-18/h4-7,10,13,16-17H,8-9,11,25H2,1-3H3,(H,26,28)(H,29,30)/t13-,16?,17?/m1/s1. The summed E-state index contributed by atoms with van der Waals surface area (Å²) in [6.45, 7) is 5.64. The summed E-state index contributed by atoms with van der Waals surface area (Å²) in [6, 6.07) is 5.07. The van der Waals surface area contributed by atoms with Crippen LogP contribution < -0.4 is 15.8 Å². The molecular formula is C22H27Cl2N3O6S2. The average molecular weight is 565 g/mol. The third-order valence-electron chi connectivity index (χ3n) is 5.18. The Kier molecular flexibility index (Phi) is 8.40. The van der Waals surface area contributed by atoms with E-state index in [4.69, 9.17) is 33.7 Å². The minimum absolute atomic E-state index is 0.00145. The number of nitrogens with two attached hydrogens (primary N) is 1. The number of halogens is 2. The third-order valence-corrected chi connectivity index (χ3v) is 9.37. The topological polar surface area (TPSA) is 139 Å². The van der Waals surface area contributed by atoms with E-state index in [1.165, 1.54) is 6.07 Å². The first-order valence-electron chi connectivity index (χ1n) is 10.7. The smallest absolute Gasteiger partial charge is 0.326 e. The van der Waals surface area contributed by atoms with Gasteiger partial charge in [-0.3, -0.25) is 4.79 Å². The summed E-state index contributed by atoms with van der Waals surface area (Å²) in [5.41, 5.74) is 6.25. The van der Waals surface area contributed by atoms with E-state index in [9.17, 15) is 23.1 Å². The predicted octanol–water partition coefficient (Wildman–Crippen LogP) is 3.13. The number of nitrogens with one attached hydrogen (secondary N) is 1. The molecule has 0 aliphatic carbocycles. The number of nitrogens with zero attached hydrogens (tertiary/aromatic N) is 1. The molecule has 0 radical (unpaired) electrons. The largest absolute Gasteiger partial charge is 0.488 e. The molecule has 2 unspecified atom stereocenters. The van der Waals surface area contributed by atoms with Gasteiger partial charge < -0.3 is 20.9 Å². The van der Waals surface area contributed by atoms with Gasteiger partial charge in [0.05, 0.1) is 5.02 Å². The van der Waals surface area contributed by atoms with Gasteiger partial charge in [0.15, 0.2) is 0 Å². The molecule has 2 aromatic rings. The minimum atomic E-state index is -4.12. The van der Waals surface area contributed by atoms with Crippen LogP contribution in [-0.2, 0) is 26.0 Å². The van der Waals surface area contributed by atoms with Crippen molar-refractivity contribution in [3.05, 3.63) is 45.3 Å². The van der Waals surface area contributed by atoms with E-state index in [1.807, 2.05) is 20.8 Å². The highest BCUT2D eigenvalue weighted by molar-refractivity contribution is 7.91. The van der Waals surface area contributed by atoms with E-state index in [1.54, 1.807) is 24.3 Å². The zero-order valence-electron chi connectivity index (χ0n) is 19.3. The molecule has 3 rings (SSSR count). The number of carbonyl (C=O) groups is 2. The molecule has 4 N–H and O–H groups in total. The van der Waals surface area contributed by atoms with E-state index in [0.717, 1.165) is 15.6 Å². The molecule has 1 saturated heterocycles. The van der Waals surface area contributed by atoms with Crippen molar-refractivity contribution >= 4 is 56.4 Å². The monoisotopic (exact) mass is 563 g/mol. The van der Waals surface area contributed by atoms with Crippen LogP contribution in [0.4, 0.5) is 0 Å². The fourth-order valence-electron chi connectivity index (χ4n) is 3.66. The van der Waals surface area contributed by atoms with Crippen LogP contribution in [0, 0.1) is 0 Å². The average Bonchev–Trinajstić information content (AvgIpc) is 3.31. The number of thiophene rings is 1. The van der Waals surface area contributed by atoms with Crippen molar-refractivity contribution in [3.8, 4) is 5.75 Å². The summed E-state index contributed by atoms with van der Waals surface area (Å²) in [5.74, 6) is -1.36. The van der Waals surface area contributed by atoms with Crippen LogP contribution in [0.3, 0.4) is 0 Å². The Morgan fingerprint density at radius 3 is 2.43 bits per heavy atom. The van der Waals surface area contributed by atoms with Crippen molar-refractivity contribution in [2.24, 2.45) is 5.73 Å². The molecular weight excluding hydrogens is 537 g/mol. The lowest BCUT2D eigenvalue weighted by Gasteiger charge is -2.24. The highest BCUT2D eigenvalue weighted by atomic mass is 35.5. The van der Waals surface area contributed by atoms with Crippen LogP contribution in [0.25, 0.3) is 0 Å². The van der Waals surface area contributed by atoms with Crippen molar-refractivity contribution < 1.29 is 27.9 Å². The molecule has 0 bridgehead atoms. The Hall–Kier alpha value is -1.89.